The fraction of sp³-hybridized carbons (Fsp3) is 0.909. The van der Waals surface area contributed by atoms with Crippen LogP contribution in [0.25, 0.3) is 0 Å². The van der Waals surface area contributed by atoms with Crippen LogP contribution in [-0.4, -0.2) is 23.2 Å². The Morgan fingerprint density at radius 1 is 1.50 bits per heavy atom. The van der Waals surface area contributed by atoms with Crippen molar-refractivity contribution in [3.63, 3.8) is 0 Å². The summed E-state index contributed by atoms with van der Waals surface area (Å²) in [4.78, 5) is 11.1. The summed E-state index contributed by atoms with van der Waals surface area (Å²) in [7, 11) is 0. The zero-order chi connectivity index (χ0) is 11.0. The van der Waals surface area contributed by atoms with E-state index >= 15 is 0 Å². The second-order valence-corrected chi connectivity index (χ2v) is 5.62. The molecule has 3 heteroatoms. The number of carboxylic acid groups (broad SMARTS) is 1. The van der Waals surface area contributed by atoms with Crippen molar-refractivity contribution < 1.29 is 9.90 Å². The monoisotopic (exact) mass is 199 g/mol. The van der Waals surface area contributed by atoms with Crippen LogP contribution in [0.2, 0.25) is 0 Å². The predicted octanol–water partition coefficient (Wildman–Crippen LogP) is 1.88. The molecular formula is C11H21NO2. The zero-order valence-corrected chi connectivity index (χ0v) is 9.55. The average Bonchev–Trinajstić information content (AvgIpc) is 2.02. The van der Waals surface area contributed by atoms with Crippen LogP contribution in [0.5, 0.6) is 0 Å². The Morgan fingerprint density at radius 3 is 2.50 bits per heavy atom. The Morgan fingerprint density at radius 2 is 2.07 bits per heavy atom. The number of hydrogen-bond donors (Lipinski definition) is 2. The van der Waals surface area contributed by atoms with E-state index in [2.05, 4.69) is 26.1 Å². The van der Waals surface area contributed by atoms with Gasteiger partial charge in [-0.15, -0.1) is 0 Å². The minimum Gasteiger partial charge on any atom is -0.480 e. The highest BCUT2D eigenvalue weighted by Crippen LogP contribution is 2.37. The van der Waals surface area contributed by atoms with Gasteiger partial charge in [-0.2, -0.15) is 0 Å². The summed E-state index contributed by atoms with van der Waals surface area (Å²) >= 11 is 0. The average molecular weight is 199 g/mol. The summed E-state index contributed by atoms with van der Waals surface area (Å²) in [6.07, 6.45) is 1.80. The van der Waals surface area contributed by atoms with E-state index in [1.54, 1.807) is 6.92 Å². The van der Waals surface area contributed by atoms with Crippen molar-refractivity contribution >= 4 is 5.97 Å². The molecule has 0 saturated carbocycles. The topological polar surface area (TPSA) is 49.3 Å². The summed E-state index contributed by atoms with van der Waals surface area (Å²) in [5, 5.41) is 12.2. The normalized spacial score (nSPS) is 34.1. The van der Waals surface area contributed by atoms with E-state index in [1.165, 1.54) is 0 Å². The summed E-state index contributed by atoms with van der Waals surface area (Å²) in [6, 6.07) is 0. The van der Waals surface area contributed by atoms with Gasteiger partial charge in [0.15, 0.2) is 0 Å². The maximum absolute atomic E-state index is 11.1. The van der Waals surface area contributed by atoms with Gasteiger partial charge in [0.05, 0.1) is 0 Å². The van der Waals surface area contributed by atoms with Gasteiger partial charge in [0.25, 0.3) is 0 Å². The number of carboxylic acids is 1. The minimum atomic E-state index is -0.730. The SMILES string of the molecule is CC1(C(=O)O)CC(C(C)(C)C)CCN1. The molecule has 1 rings (SSSR count). The molecule has 1 saturated heterocycles. The lowest BCUT2D eigenvalue weighted by molar-refractivity contribution is -0.146. The van der Waals surface area contributed by atoms with Gasteiger partial charge >= 0.3 is 5.97 Å². The molecule has 0 aliphatic carbocycles. The second-order valence-electron chi connectivity index (χ2n) is 5.62. The molecule has 1 aliphatic rings. The molecule has 2 N–H and O–H groups in total. The molecule has 0 amide bonds. The first kappa shape index (κ1) is 11.5. The fourth-order valence-corrected chi connectivity index (χ4v) is 2.09. The first-order valence-electron chi connectivity index (χ1n) is 5.24. The van der Waals surface area contributed by atoms with E-state index in [9.17, 15) is 4.79 Å². The van der Waals surface area contributed by atoms with Gasteiger partial charge in [0, 0.05) is 0 Å². The van der Waals surface area contributed by atoms with Gasteiger partial charge in [-0.25, -0.2) is 0 Å². The first-order chi connectivity index (χ1) is 6.26. The number of nitrogens with one attached hydrogen (secondary N) is 1. The Labute approximate surface area is 85.9 Å². The number of hydrogen-bond acceptors (Lipinski definition) is 2. The van der Waals surface area contributed by atoms with Crippen molar-refractivity contribution in [3.05, 3.63) is 0 Å². The third-order valence-electron chi connectivity index (χ3n) is 3.36. The van der Waals surface area contributed by atoms with E-state index in [-0.39, 0.29) is 5.41 Å². The van der Waals surface area contributed by atoms with Crippen molar-refractivity contribution in [1.29, 1.82) is 0 Å². The first-order valence-corrected chi connectivity index (χ1v) is 5.24. The number of rotatable bonds is 1. The lowest BCUT2D eigenvalue weighted by Crippen LogP contribution is -2.56. The van der Waals surface area contributed by atoms with Gasteiger partial charge in [0.2, 0.25) is 0 Å². The van der Waals surface area contributed by atoms with Crippen LogP contribution < -0.4 is 5.32 Å². The molecule has 0 bridgehead atoms. The molecule has 2 unspecified atom stereocenters. The van der Waals surface area contributed by atoms with Crippen molar-refractivity contribution in [3.8, 4) is 0 Å². The van der Waals surface area contributed by atoms with Crippen LogP contribution in [0.15, 0.2) is 0 Å². The summed E-state index contributed by atoms with van der Waals surface area (Å²) < 4.78 is 0. The quantitative estimate of drug-likeness (QED) is 0.678. The molecule has 1 fully saturated rings. The van der Waals surface area contributed by atoms with Crippen LogP contribution in [0.1, 0.15) is 40.5 Å². The van der Waals surface area contributed by atoms with E-state index in [0.29, 0.717) is 5.92 Å². The molecule has 1 aliphatic heterocycles. The molecule has 0 spiro atoms. The molecule has 0 aromatic heterocycles. The third-order valence-corrected chi connectivity index (χ3v) is 3.36. The molecule has 14 heavy (non-hydrogen) atoms. The lowest BCUT2D eigenvalue weighted by Gasteiger charge is -2.41. The lowest BCUT2D eigenvalue weighted by atomic mass is 9.70. The molecule has 0 aromatic rings. The van der Waals surface area contributed by atoms with Crippen LogP contribution in [0.4, 0.5) is 0 Å². The van der Waals surface area contributed by atoms with E-state index < -0.39 is 11.5 Å². The maximum atomic E-state index is 11.1. The van der Waals surface area contributed by atoms with Gasteiger partial charge in [-0.1, -0.05) is 20.8 Å². The van der Waals surface area contributed by atoms with Crippen LogP contribution in [0.3, 0.4) is 0 Å². The molecule has 3 nitrogen and oxygen atoms in total. The van der Waals surface area contributed by atoms with Crippen LogP contribution in [0, 0.1) is 11.3 Å². The fourth-order valence-electron chi connectivity index (χ4n) is 2.09. The van der Waals surface area contributed by atoms with Crippen molar-refractivity contribution in [2.75, 3.05) is 6.54 Å². The smallest absolute Gasteiger partial charge is 0.323 e. The van der Waals surface area contributed by atoms with Gasteiger partial charge in [-0.05, 0) is 37.6 Å². The van der Waals surface area contributed by atoms with Gasteiger partial charge in [0.1, 0.15) is 5.54 Å². The second kappa shape index (κ2) is 3.54. The van der Waals surface area contributed by atoms with Crippen LogP contribution in [-0.2, 0) is 4.79 Å². The standard InChI is InChI=1S/C11H21NO2/c1-10(2,3)8-5-6-12-11(4,7-8)9(13)14/h8,12H,5-7H2,1-4H3,(H,13,14). The maximum Gasteiger partial charge on any atom is 0.323 e. The zero-order valence-electron chi connectivity index (χ0n) is 9.55. The molecule has 82 valence electrons. The van der Waals surface area contributed by atoms with Crippen molar-refractivity contribution in [1.82, 2.24) is 5.32 Å². The Hall–Kier alpha value is -0.570. The number of carbonyl (C=O) groups is 1. The summed E-state index contributed by atoms with van der Waals surface area (Å²) in [5.41, 5.74) is -0.519. The molecule has 1 heterocycles. The van der Waals surface area contributed by atoms with Gasteiger partial charge in [-0.3, -0.25) is 4.79 Å². The summed E-state index contributed by atoms with van der Waals surface area (Å²) in [5.74, 6) is -0.240. The van der Waals surface area contributed by atoms with Crippen LogP contribution >= 0.6 is 0 Å². The highest BCUT2D eigenvalue weighted by atomic mass is 16.4. The molecule has 2 atom stereocenters. The van der Waals surface area contributed by atoms with Gasteiger partial charge < -0.3 is 10.4 Å². The third kappa shape index (κ3) is 2.27. The highest BCUT2D eigenvalue weighted by Gasteiger charge is 2.41. The predicted molar refractivity (Wildman–Crippen MR) is 56.2 cm³/mol. The van der Waals surface area contributed by atoms with E-state index in [0.717, 1.165) is 19.4 Å². The molecule has 0 radical (unpaired) electrons. The van der Waals surface area contributed by atoms with Crippen molar-refractivity contribution in [2.24, 2.45) is 11.3 Å². The largest absolute Gasteiger partial charge is 0.480 e. The van der Waals surface area contributed by atoms with E-state index in [4.69, 9.17) is 5.11 Å². The van der Waals surface area contributed by atoms with Crippen molar-refractivity contribution in [2.45, 2.75) is 46.1 Å². The highest BCUT2D eigenvalue weighted by molar-refractivity contribution is 5.78. The number of piperidine rings is 1. The minimum absolute atomic E-state index is 0.207. The molecular weight excluding hydrogens is 178 g/mol. The number of aliphatic carboxylic acids is 1. The Balaban J connectivity index is 2.74. The Bertz CT molecular complexity index is 232. The summed E-state index contributed by atoms with van der Waals surface area (Å²) in [6.45, 7) is 9.15. The molecule has 0 aromatic carbocycles. The van der Waals surface area contributed by atoms with E-state index in [1.807, 2.05) is 0 Å². The Kier molecular flexibility index (Phi) is 2.91.